The predicted octanol–water partition coefficient (Wildman–Crippen LogP) is 8.64. The van der Waals surface area contributed by atoms with Gasteiger partial charge in [-0.25, -0.2) is 14.3 Å². The molecule has 0 bridgehead atoms. The number of nitrogens with one attached hydrogen (secondary N) is 3. The number of aromatic nitrogens is 6. The fourth-order valence-corrected chi connectivity index (χ4v) is 8.62. The Kier molecular flexibility index (Phi) is 19.1. The maximum absolute atomic E-state index is 12.4. The summed E-state index contributed by atoms with van der Waals surface area (Å²) in [5.74, 6) is 0.812. The average molecular weight is 971 g/mol. The standard InChI is InChI=1S/C26H29Cl2N5O3.C19H23Cl2N5O3/c27-22-12-21(13-23(28)14-22)18-36-26(35)32-10-8-19(9-11-32)6-7-25(34)29-15-24-17-33(31-30-24)16-20-4-2-1-3-5-20;20-15-7-14(8-16(21)9-15)12-29-19(28)26-5-3-13(4-6-26)1-2-18(27)22-10-17-11-23-25-24-17/h1-5,12-14,17,19H,6-11,15-16,18H2,(H,29,34);7-9,11,13H,1-6,10,12H2,(H,22,27)(H,23,24,25). The van der Waals surface area contributed by atoms with Crippen molar-refractivity contribution >= 4 is 70.4 Å². The summed E-state index contributed by atoms with van der Waals surface area (Å²) in [4.78, 5) is 52.4. The number of rotatable bonds is 16. The molecule has 2 saturated heterocycles. The van der Waals surface area contributed by atoms with Crippen LogP contribution in [0.25, 0.3) is 0 Å². The van der Waals surface area contributed by atoms with Crippen molar-refractivity contribution in [3.05, 3.63) is 127 Å². The number of ether oxygens (including phenoxy) is 2. The maximum Gasteiger partial charge on any atom is 0.410 e. The van der Waals surface area contributed by atoms with Crippen LogP contribution in [-0.2, 0) is 51.9 Å². The van der Waals surface area contributed by atoms with Crippen molar-refractivity contribution in [1.82, 2.24) is 50.8 Å². The highest BCUT2D eigenvalue weighted by atomic mass is 35.5. The fraction of sp³-hybridized carbons (Fsp3) is 0.422. The van der Waals surface area contributed by atoms with Crippen molar-refractivity contribution < 1.29 is 28.7 Å². The lowest BCUT2D eigenvalue weighted by molar-refractivity contribution is -0.122. The minimum atomic E-state index is -0.345. The van der Waals surface area contributed by atoms with Gasteiger partial charge in [0.2, 0.25) is 11.8 Å². The number of piperidine rings is 2. The van der Waals surface area contributed by atoms with Crippen LogP contribution in [0.2, 0.25) is 20.1 Å². The van der Waals surface area contributed by atoms with Gasteiger partial charge in [0.1, 0.15) is 24.6 Å². The van der Waals surface area contributed by atoms with Crippen molar-refractivity contribution in [2.75, 3.05) is 26.2 Å². The van der Waals surface area contributed by atoms with Gasteiger partial charge in [0, 0.05) is 59.1 Å². The smallest absolute Gasteiger partial charge is 0.410 e. The molecular weight excluding hydrogens is 918 g/mol. The van der Waals surface area contributed by atoms with Crippen molar-refractivity contribution in [1.29, 1.82) is 0 Å². The molecule has 0 radical (unpaired) electrons. The van der Waals surface area contributed by atoms with Gasteiger partial charge in [-0.1, -0.05) is 81.9 Å². The SMILES string of the molecule is O=C(CCC1CCN(C(=O)OCc2cc(Cl)cc(Cl)c2)CC1)NCc1cn(Cc2ccccc2)nn1.O=C(CCC1CCN(C(=O)OCc2cc(Cl)cc(Cl)c2)CC1)NCc1cn[nH]n1. The van der Waals surface area contributed by atoms with E-state index in [-0.39, 0.29) is 37.2 Å². The Morgan fingerprint density at radius 1 is 0.646 bits per heavy atom. The number of H-pyrrole nitrogens is 1. The number of hydrogen-bond acceptors (Lipinski definition) is 10. The van der Waals surface area contributed by atoms with Crippen LogP contribution in [0.3, 0.4) is 0 Å². The summed E-state index contributed by atoms with van der Waals surface area (Å²) in [6, 6.07) is 20.2. The van der Waals surface area contributed by atoms with Crippen LogP contribution in [0.15, 0.2) is 79.1 Å². The number of nitrogens with zero attached hydrogens (tertiary/aromatic N) is 7. The first-order valence-electron chi connectivity index (χ1n) is 21.5. The molecular formula is C45H52Cl4N10O6. The molecule has 5 aromatic rings. The second kappa shape index (κ2) is 25.3. The molecule has 20 heteroatoms. The van der Waals surface area contributed by atoms with Crippen LogP contribution in [-0.4, -0.2) is 90.4 Å². The van der Waals surface area contributed by atoms with E-state index in [0.29, 0.717) is 96.3 Å². The summed E-state index contributed by atoms with van der Waals surface area (Å²) >= 11 is 23.9. The zero-order valence-electron chi connectivity index (χ0n) is 35.8. The quantitative estimate of drug-likeness (QED) is 0.0863. The van der Waals surface area contributed by atoms with E-state index in [2.05, 4.69) is 36.4 Å². The van der Waals surface area contributed by atoms with Crippen LogP contribution in [0.5, 0.6) is 0 Å². The molecule has 16 nitrogen and oxygen atoms in total. The second-order valence-electron chi connectivity index (χ2n) is 16.0. The molecule has 7 rings (SSSR count). The van der Waals surface area contributed by atoms with E-state index >= 15 is 0 Å². The fourth-order valence-electron chi connectivity index (χ4n) is 7.47. The molecule has 2 aliphatic rings. The largest absolute Gasteiger partial charge is 0.445 e. The first kappa shape index (κ1) is 49.0. The monoisotopic (exact) mass is 968 g/mol. The molecule has 4 amide bonds. The molecule has 0 aliphatic carbocycles. The van der Waals surface area contributed by atoms with E-state index in [9.17, 15) is 19.2 Å². The van der Waals surface area contributed by atoms with E-state index in [1.807, 2.05) is 36.5 Å². The van der Waals surface area contributed by atoms with Gasteiger partial charge < -0.3 is 29.9 Å². The van der Waals surface area contributed by atoms with Gasteiger partial charge in [0.05, 0.1) is 32.0 Å². The van der Waals surface area contributed by atoms with Gasteiger partial charge in [-0.2, -0.15) is 15.4 Å². The van der Waals surface area contributed by atoms with Crippen molar-refractivity contribution in [2.24, 2.45) is 11.8 Å². The zero-order valence-corrected chi connectivity index (χ0v) is 38.8. The third-order valence-electron chi connectivity index (χ3n) is 11.0. The van der Waals surface area contributed by atoms with Crippen LogP contribution < -0.4 is 10.6 Å². The van der Waals surface area contributed by atoms with E-state index in [1.165, 1.54) is 0 Å². The van der Waals surface area contributed by atoms with E-state index in [0.717, 1.165) is 60.9 Å². The Hall–Kier alpha value is -5.42. The first-order valence-corrected chi connectivity index (χ1v) is 23.0. The Balaban J connectivity index is 0.000000221. The summed E-state index contributed by atoms with van der Waals surface area (Å²) in [7, 11) is 0. The molecule has 346 valence electrons. The van der Waals surface area contributed by atoms with E-state index in [1.54, 1.807) is 57.1 Å². The predicted molar refractivity (Wildman–Crippen MR) is 246 cm³/mol. The maximum atomic E-state index is 12.4. The van der Waals surface area contributed by atoms with Gasteiger partial charge in [-0.3, -0.25) is 9.59 Å². The van der Waals surface area contributed by atoms with Crippen LogP contribution in [0.1, 0.15) is 79.4 Å². The number of carbonyl (C=O) groups excluding carboxylic acids is 4. The number of benzene rings is 3. The minimum Gasteiger partial charge on any atom is -0.445 e. The Labute approximate surface area is 397 Å². The number of likely N-dealkylation sites (tertiary alicyclic amines) is 2. The molecule has 0 saturated carbocycles. The van der Waals surface area contributed by atoms with Crippen LogP contribution >= 0.6 is 46.4 Å². The van der Waals surface area contributed by atoms with Gasteiger partial charge in [-0.05, 0) is 103 Å². The number of carbonyl (C=O) groups is 4. The van der Waals surface area contributed by atoms with Crippen molar-refractivity contribution in [3.63, 3.8) is 0 Å². The van der Waals surface area contributed by atoms with Gasteiger partial charge in [-0.15, -0.1) is 5.10 Å². The second-order valence-corrected chi connectivity index (χ2v) is 17.8. The summed E-state index contributed by atoms with van der Waals surface area (Å²) in [5.41, 5.74) is 4.07. The first-order chi connectivity index (χ1) is 31.4. The molecule has 0 spiro atoms. The number of aromatic amines is 1. The average Bonchev–Trinajstić information content (AvgIpc) is 4.00. The number of hydrogen-bond donors (Lipinski definition) is 3. The molecule has 3 N–H and O–H groups in total. The molecule has 65 heavy (non-hydrogen) atoms. The topological polar surface area (TPSA) is 190 Å². The number of halogens is 4. The molecule has 0 unspecified atom stereocenters. The lowest BCUT2D eigenvalue weighted by Gasteiger charge is -2.31. The van der Waals surface area contributed by atoms with Gasteiger partial charge >= 0.3 is 12.2 Å². The highest BCUT2D eigenvalue weighted by molar-refractivity contribution is 6.35. The van der Waals surface area contributed by atoms with Crippen LogP contribution in [0, 0.1) is 11.8 Å². The van der Waals surface area contributed by atoms with Crippen molar-refractivity contribution in [3.8, 4) is 0 Å². The highest BCUT2D eigenvalue weighted by Crippen LogP contribution is 2.25. The van der Waals surface area contributed by atoms with Crippen LogP contribution in [0.4, 0.5) is 9.59 Å². The van der Waals surface area contributed by atoms with Crippen molar-refractivity contribution in [2.45, 2.75) is 84.2 Å². The highest BCUT2D eigenvalue weighted by Gasteiger charge is 2.26. The summed E-state index contributed by atoms with van der Waals surface area (Å²) in [5, 5.41) is 26.1. The Bertz CT molecular complexity index is 2260. The lowest BCUT2D eigenvalue weighted by atomic mass is 9.92. The Morgan fingerprint density at radius 3 is 1.58 bits per heavy atom. The molecule has 2 aliphatic heterocycles. The minimum absolute atomic E-state index is 0.00461. The third kappa shape index (κ3) is 17.1. The number of amides is 4. The van der Waals surface area contributed by atoms with E-state index in [4.69, 9.17) is 55.9 Å². The third-order valence-corrected chi connectivity index (χ3v) is 11.9. The summed E-state index contributed by atoms with van der Waals surface area (Å²) in [6.45, 7) is 4.11. The summed E-state index contributed by atoms with van der Waals surface area (Å²) < 4.78 is 12.5. The lowest BCUT2D eigenvalue weighted by Crippen LogP contribution is -2.39. The molecule has 4 heterocycles. The normalized spacial score (nSPS) is 14.3. The molecule has 3 aromatic carbocycles. The molecule has 2 fully saturated rings. The van der Waals surface area contributed by atoms with Gasteiger partial charge in [0.25, 0.3) is 0 Å². The molecule has 2 aromatic heterocycles. The van der Waals surface area contributed by atoms with Gasteiger partial charge in [0.15, 0.2) is 0 Å². The summed E-state index contributed by atoms with van der Waals surface area (Å²) in [6.07, 6.45) is 8.64. The molecule has 0 atom stereocenters. The van der Waals surface area contributed by atoms with E-state index < -0.39 is 0 Å². The Morgan fingerprint density at radius 2 is 1.12 bits per heavy atom. The zero-order chi connectivity index (χ0) is 46.0.